The highest BCUT2D eigenvalue weighted by molar-refractivity contribution is 6.00. The van der Waals surface area contributed by atoms with Gasteiger partial charge in [0.1, 0.15) is 5.82 Å². The second-order valence-corrected chi connectivity index (χ2v) is 13.4. The van der Waals surface area contributed by atoms with Crippen LogP contribution in [0.15, 0.2) is 48.0 Å². The average molecular weight is 543 g/mol. The number of piperidine rings is 2. The molecule has 5 aliphatic heterocycles. The van der Waals surface area contributed by atoms with E-state index >= 15 is 0 Å². The summed E-state index contributed by atoms with van der Waals surface area (Å²) in [6.07, 6.45) is 5.63. The quantitative estimate of drug-likeness (QED) is 0.547. The van der Waals surface area contributed by atoms with Crippen LogP contribution in [-0.4, -0.2) is 59.4 Å². The van der Waals surface area contributed by atoms with Crippen molar-refractivity contribution in [3.05, 3.63) is 70.5 Å². The number of allylic oxidation sites excluding steroid dienone is 1. The second kappa shape index (κ2) is 9.81. The van der Waals surface area contributed by atoms with Crippen molar-refractivity contribution in [1.82, 2.24) is 15.1 Å². The fraction of sp³-hybridized carbons (Fsp3) is 0.515. The number of hydrogen-bond acceptors (Lipinski definition) is 5. The van der Waals surface area contributed by atoms with Gasteiger partial charge < -0.3 is 4.90 Å². The highest BCUT2D eigenvalue weighted by Gasteiger charge is 2.45. The maximum Gasteiger partial charge on any atom is 0.243 e. The van der Waals surface area contributed by atoms with Crippen LogP contribution in [-0.2, 0) is 22.7 Å². The van der Waals surface area contributed by atoms with Gasteiger partial charge in [0.25, 0.3) is 0 Å². The molecule has 0 spiro atoms. The number of hydrogen-bond donors (Lipinski definition) is 1. The van der Waals surface area contributed by atoms with Crippen LogP contribution in [0.25, 0.3) is 5.57 Å². The van der Waals surface area contributed by atoms with Crippen molar-refractivity contribution in [2.75, 3.05) is 24.5 Å². The highest BCUT2D eigenvalue weighted by Crippen LogP contribution is 2.44. The minimum absolute atomic E-state index is 0.152. The van der Waals surface area contributed by atoms with Crippen molar-refractivity contribution < 1.29 is 14.0 Å². The first kappa shape index (κ1) is 25.9. The number of anilines is 1. The number of piperazine rings is 1. The summed E-state index contributed by atoms with van der Waals surface area (Å²) in [5.74, 6) is -0.484. The first-order valence-corrected chi connectivity index (χ1v) is 14.9. The van der Waals surface area contributed by atoms with E-state index in [2.05, 4.69) is 52.1 Å². The van der Waals surface area contributed by atoms with Gasteiger partial charge in [0.15, 0.2) is 0 Å². The predicted octanol–water partition coefficient (Wildman–Crippen LogP) is 4.87. The lowest BCUT2D eigenvalue weighted by atomic mass is 9.72. The largest absolute Gasteiger partial charge is 0.363 e. The van der Waals surface area contributed by atoms with Crippen LogP contribution in [0.1, 0.15) is 69.1 Å². The molecule has 3 atom stereocenters. The van der Waals surface area contributed by atoms with E-state index < -0.39 is 0 Å². The molecular formula is C33H39FN4O2. The molecule has 210 valence electrons. The van der Waals surface area contributed by atoms with Gasteiger partial charge in [-0.15, -0.1) is 0 Å². The molecule has 40 heavy (non-hydrogen) atoms. The number of halogens is 1. The highest BCUT2D eigenvalue weighted by atomic mass is 19.1. The Morgan fingerprint density at radius 3 is 2.48 bits per heavy atom. The summed E-state index contributed by atoms with van der Waals surface area (Å²) in [5, 5.41) is 2.51. The summed E-state index contributed by atoms with van der Waals surface area (Å²) in [7, 11) is 0. The van der Waals surface area contributed by atoms with Gasteiger partial charge in [0.2, 0.25) is 11.8 Å². The molecular weight excluding hydrogens is 503 g/mol. The van der Waals surface area contributed by atoms with Gasteiger partial charge in [-0.3, -0.25) is 24.7 Å². The van der Waals surface area contributed by atoms with E-state index in [1.165, 1.54) is 46.4 Å². The Kier molecular flexibility index (Phi) is 6.35. The summed E-state index contributed by atoms with van der Waals surface area (Å²) in [4.78, 5) is 31.5. The Bertz CT molecular complexity index is 1370. The zero-order valence-corrected chi connectivity index (χ0v) is 23.6. The smallest absolute Gasteiger partial charge is 0.243 e. The fourth-order valence-electron chi connectivity index (χ4n) is 7.80. The van der Waals surface area contributed by atoms with Crippen LogP contribution >= 0.6 is 0 Å². The van der Waals surface area contributed by atoms with Crippen molar-refractivity contribution in [2.45, 2.75) is 83.6 Å². The van der Waals surface area contributed by atoms with E-state index in [0.717, 1.165) is 45.6 Å². The maximum absolute atomic E-state index is 13.6. The molecule has 7 heteroatoms. The van der Waals surface area contributed by atoms with Crippen LogP contribution in [0.4, 0.5) is 10.1 Å². The molecule has 4 fully saturated rings. The summed E-state index contributed by atoms with van der Waals surface area (Å²) in [5.41, 5.74) is 8.31. The third-order valence-corrected chi connectivity index (χ3v) is 9.95. The number of nitrogens with zero attached hydrogens (tertiary/aromatic N) is 3. The zero-order chi connectivity index (χ0) is 27.6. The summed E-state index contributed by atoms with van der Waals surface area (Å²) < 4.78 is 13.6. The Morgan fingerprint density at radius 2 is 1.73 bits per heavy atom. The van der Waals surface area contributed by atoms with Gasteiger partial charge in [-0.1, -0.05) is 37.6 Å². The van der Waals surface area contributed by atoms with Gasteiger partial charge in [0, 0.05) is 56.9 Å². The van der Waals surface area contributed by atoms with E-state index in [0.29, 0.717) is 24.9 Å². The fourth-order valence-corrected chi connectivity index (χ4v) is 7.80. The molecule has 5 heterocycles. The lowest BCUT2D eigenvalue weighted by Gasteiger charge is -2.58. The van der Waals surface area contributed by atoms with Gasteiger partial charge in [0.05, 0.1) is 6.04 Å². The van der Waals surface area contributed by atoms with Crippen LogP contribution in [0, 0.1) is 11.2 Å². The first-order valence-electron chi connectivity index (χ1n) is 14.9. The molecule has 1 N–H and O–H groups in total. The molecule has 4 saturated heterocycles. The molecule has 0 saturated carbocycles. The molecule has 6 aliphatic rings. The normalized spacial score (nSPS) is 28.4. The molecule has 8 rings (SSSR count). The van der Waals surface area contributed by atoms with E-state index in [1.807, 2.05) is 12.1 Å². The number of fused-ring (bicyclic) bond motifs is 3. The van der Waals surface area contributed by atoms with Crippen molar-refractivity contribution in [3.8, 4) is 0 Å². The Hall–Kier alpha value is -3.03. The summed E-state index contributed by atoms with van der Waals surface area (Å²) in [6, 6.07) is 14.8. The number of benzene rings is 2. The molecule has 1 aliphatic carbocycles. The molecule has 2 amide bonds. The molecule has 0 radical (unpaired) electrons. The Labute approximate surface area is 236 Å². The van der Waals surface area contributed by atoms with Crippen LogP contribution < -0.4 is 10.2 Å². The Morgan fingerprint density at radius 1 is 0.975 bits per heavy atom. The van der Waals surface area contributed by atoms with Gasteiger partial charge in [-0.25, -0.2) is 4.39 Å². The SMILES string of the molecule is CC1(C)CCC(CN2CC3CC(C2)N3c2ccc3c(c2)CN(C2CCC(=O)NC2=O)C3)=C(c2ccc(F)cc2)C1. The molecule has 0 aromatic heterocycles. The lowest BCUT2D eigenvalue weighted by molar-refractivity contribution is -0.137. The van der Waals surface area contributed by atoms with Crippen LogP contribution in [0.2, 0.25) is 0 Å². The Balaban J connectivity index is 1.03. The van der Waals surface area contributed by atoms with Gasteiger partial charge in [-0.05, 0) is 84.0 Å². The number of carbonyl (C=O) groups excluding carboxylic acids is 2. The average Bonchev–Trinajstić information content (AvgIpc) is 3.33. The second-order valence-electron chi connectivity index (χ2n) is 13.4. The van der Waals surface area contributed by atoms with Gasteiger partial charge >= 0.3 is 0 Å². The first-order chi connectivity index (χ1) is 19.2. The van der Waals surface area contributed by atoms with E-state index in [1.54, 1.807) is 12.1 Å². The predicted molar refractivity (Wildman–Crippen MR) is 154 cm³/mol. The van der Waals surface area contributed by atoms with E-state index in [-0.39, 0.29) is 29.1 Å². The van der Waals surface area contributed by atoms with E-state index in [9.17, 15) is 14.0 Å². The van der Waals surface area contributed by atoms with Crippen molar-refractivity contribution in [1.29, 1.82) is 0 Å². The minimum atomic E-state index is -0.218. The minimum Gasteiger partial charge on any atom is -0.363 e. The number of carbonyl (C=O) groups is 2. The van der Waals surface area contributed by atoms with Crippen molar-refractivity contribution in [3.63, 3.8) is 0 Å². The number of imide groups is 1. The van der Waals surface area contributed by atoms with Crippen LogP contribution in [0.3, 0.4) is 0 Å². The van der Waals surface area contributed by atoms with Crippen LogP contribution in [0.5, 0.6) is 0 Å². The molecule has 2 aromatic carbocycles. The molecule has 6 nitrogen and oxygen atoms in total. The van der Waals surface area contributed by atoms with Crippen molar-refractivity contribution >= 4 is 23.1 Å². The standard InChI is InChI=1S/C33H39FN4O2/c1-33(2)12-11-23(29(15-33)21-3-6-25(34)7-4-21)16-36-19-27-14-28(20-36)38(27)26-8-5-22-17-37(18-24(22)13-26)30-9-10-31(39)35-32(30)40/h3-8,13,27-28,30H,9-12,14-20H2,1-2H3,(H,35,39,40). The topological polar surface area (TPSA) is 55.9 Å². The third-order valence-electron chi connectivity index (χ3n) is 9.95. The lowest BCUT2D eigenvalue weighted by Crippen LogP contribution is -2.69. The number of rotatable bonds is 5. The third kappa shape index (κ3) is 4.77. The summed E-state index contributed by atoms with van der Waals surface area (Å²) >= 11 is 0. The molecule has 2 aromatic rings. The summed E-state index contributed by atoms with van der Waals surface area (Å²) in [6.45, 7) is 9.38. The maximum atomic E-state index is 13.6. The number of nitrogens with one attached hydrogen (secondary N) is 1. The van der Waals surface area contributed by atoms with E-state index in [4.69, 9.17) is 0 Å². The van der Waals surface area contributed by atoms with Gasteiger partial charge in [-0.2, -0.15) is 0 Å². The molecule has 2 bridgehead atoms. The van der Waals surface area contributed by atoms with Crippen molar-refractivity contribution in [2.24, 2.45) is 5.41 Å². The molecule has 3 unspecified atom stereocenters. The monoisotopic (exact) mass is 542 g/mol. The zero-order valence-electron chi connectivity index (χ0n) is 23.6. The number of amides is 2.